The molecule has 5 heteroatoms. The third-order valence-electron chi connectivity index (χ3n) is 2.48. The molecule has 0 aromatic heterocycles. The number of esters is 1. The molecule has 0 heterocycles. The Morgan fingerprint density at radius 3 is 2.68 bits per heavy atom. The third-order valence-corrected chi connectivity index (χ3v) is 2.48. The summed E-state index contributed by atoms with van der Waals surface area (Å²) in [6, 6.07) is 3.23. The van der Waals surface area contributed by atoms with E-state index in [1.165, 1.54) is 14.2 Å². The van der Waals surface area contributed by atoms with Crippen LogP contribution >= 0.6 is 0 Å². The Labute approximate surface area is 113 Å². The molecule has 0 saturated heterocycles. The minimum absolute atomic E-state index is 0.0282. The van der Waals surface area contributed by atoms with Gasteiger partial charge < -0.3 is 19.9 Å². The van der Waals surface area contributed by atoms with Crippen molar-refractivity contribution in [3.63, 3.8) is 0 Å². The van der Waals surface area contributed by atoms with E-state index in [0.29, 0.717) is 22.6 Å². The predicted molar refractivity (Wildman–Crippen MR) is 74.0 cm³/mol. The fourth-order valence-corrected chi connectivity index (χ4v) is 1.57. The van der Waals surface area contributed by atoms with Crippen molar-refractivity contribution >= 4 is 17.7 Å². The van der Waals surface area contributed by atoms with Crippen molar-refractivity contribution in [1.29, 1.82) is 0 Å². The van der Waals surface area contributed by atoms with E-state index in [0.717, 1.165) is 6.42 Å². The fraction of sp³-hybridized carbons (Fsp3) is 0.357. The average molecular weight is 265 g/mol. The van der Waals surface area contributed by atoms with Crippen molar-refractivity contribution < 1.29 is 19.0 Å². The summed E-state index contributed by atoms with van der Waals surface area (Å²) in [4.78, 5) is 11.7. The summed E-state index contributed by atoms with van der Waals surface area (Å²) in [5.41, 5.74) is 7.43. The second-order valence-electron chi connectivity index (χ2n) is 3.80. The van der Waals surface area contributed by atoms with Gasteiger partial charge in [0.1, 0.15) is 11.3 Å². The van der Waals surface area contributed by atoms with Crippen LogP contribution in [0.25, 0.3) is 6.08 Å². The smallest absolute Gasteiger partial charge is 0.341 e. The molecular weight excluding hydrogens is 246 g/mol. The molecule has 0 unspecified atom stereocenters. The molecule has 104 valence electrons. The van der Waals surface area contributed by atoms with Crippen LogP contribution in [-0.2, 0) is 9.47 Å². The minimum Gasteiger partial charge on any atom is -0.466 e. The van der Waals surface area contributed by atoms with Gasteiger partial charge >= 0.3 is 5.97 Å². The highest BCUT2D eigenvalue weighted by Gasteiger charge is 2.18. The Balaban J connectivity index is 3.31. The van der Waals surface area contributed by atoms with Crippen LogP contribution in [0.1, 0.15) is 29.3 Å². The number of rotatable bonds is 6. The van der Waals surface area contributed by atoms with Gasteiger partial charge in [0.2, 0.25) is 0 Å². The van der Waals surface area contributed by atoms with Gasteiger partial charge in [0.25, 0.3) is 0 Å². The van der Waals surface area contributed by atoms with Gasteiger partial charge in [-0.3, -0.25) is 0 Å². The van der Waals surface area contributed by atoms with E-state index in [4.69, 9.17) is 19.9 Å². The van der Waals surface area contributed by atoms with Crippen LogP contribution < -0.4 is 10.5 Å². The van der Waals surface area contributed by atoms with Gasteiger partial charge in [-0.05, 0) is 18.6 Å². The normalized spacial score (nSPS) is 10.7. The SMILES string of the molecule is CCC=Cc1c(N)ccc(C(=O)OC)c1OCOC. The second kappa shape index (κ2) is 7.43. The van der Waals surface area contributed by atoms with E-state index in [9.17, 15) is 4.79 Å². The maximum atomic E-state index is 11.7. The number of benzene rings is 1. The summed E-state index contributed by atoms with van der Waals surface area (Å²) >= 11 is 0. The number of ether oxygens (including phenoxy) is 3. The topological polar surface area (TPSA) is 70.8 Å². The first-order valence-electron chi connectivity index (χ1n) is 5.94. The molecule has 19 heavy (non-hydrogen) atoms. The summed E-state index contributed by atoms with van der Waals surface area (Å²) in [6.45, 7) is 2.03. The lowest BCUT2D eigenvalue weighted by Crippen LogP contribution is -2.10. The van der Waals surface area contributed by atoms with E-state index >= 15 is 0 Å². The van der Waals surface area contributed by atoms with Gasteiger partial charge in [0.15, 0.2) is 6.79 Å². The standard InChI is InChI=1S/C14H19NO4/c1-4-5-6-10-12(15)8-7-11(14(16)18-3)13(10)19-9-17-2/h5-8H,4,9,15H2,1-3H3. The molecule has 0 amide bonds. The highest BCUT2D eigenvalue weighted by atomic mass is 16.7. The highest BCUT2D eigenvalue weighted by molar-refractivity contribution is 5.95. The monoisotopic (exact) mass is 265 g/mol. The number of carbonyl (C=O) groups excluding carboxylic acids is 1. The number of hydrogen-bond acceptors (Lipinski definition) is 5. The molecule has 0 bridgehead atoms. The van der Waals surface area contributed by atoms with Gasteiger partial charge in [-0.1, -0.05) is 19.1 Å². The number of methoxy groups -OCH3 is 2. The van der Waals surface area contributed by atoms with E-state index < -0.39 is 5.97 Å². The number of anilines is 1. The molecule has 0 aliphatic heterocycles. The minimum atomic E-state index is -0.475. The number of nitrogen functional groups attached to an aromatic ring is 1. The quantitative estimate of drug-likeness (QED) is 0.486. The molecular formula is C14H19NO4. The van der Waals surface area contributed by atoms with Crippen LogP contribution in [0.15, 0.2) is 18.2 Å². The average Bonchev–Trinajstić information content (AvgIpc) is 2.43. The first-order chi connectivity index (χ1) is 9.15. The van der Waals surface area contributed by atoms with Crippen LogP contribution in [-0.4, -0.2) is 27.0 Å². The zero-order chi connectivity index (χ0) is 14.3. The highest BCUT2D eigenvalue weighted by Crippen LogP contribution is 2.31. The summed E-state index contributed by atoms with van der Waals surface area (Å²) in [5.74, 6) is -0.101. The molecule has 0 aliphatic carbocycles. The largest absolute Gasteiger partial charge is 0.466 e. The number of hydrogen-bond donors (Lipinski definition) is 1. The Morgan fingerprint density at radius 1 is 1.37 bits per heavy atom. The molecule has 5 nitrogen and oxygen atoms in total. The molecule has 1 rings (SSSR count). The van der Waals surface area contributed by atoms with Gasteiger partial charge in [-0.25, -0.2) is 4.79 Å². The summed E-state index contributed by atoms with van der Waals surface area (Å²) in [7, 11) is 2.83. The molecule has 0 atom stereocenters. The number of carbonyl (C=O) groups is 1. The van der Waals surface area contributed by atoms with Crippen molar-refractivity contribution in [3.05, 3.63) is 29.3 Å². The molecule has 0 fully saturated rings. The van der Waals surface area contributed by atoms with E-state index in [1.807, 2.05) is 19.1 Å². The van der Waals surface area contributed by atoms with E-state index in [-0.39, 0.29) is 6.79 Å². The third kappa shape index (κ3) is 3.72. The second-order valence-corrected chi connectivity index (χ2v) is 3.80. The van der Waals surface area contributed by atoms with Crippen LogP contribution in [0, 0.1) is 0 Å². The molecule has 0 aliphatic rings. The van der Waals surface area contributed by atoms with Crippen molar-refractivity contribution in [2.45, 2.75) is 13.3 Å². The molecule has 0 radical (unpaired) electrons. The maximum absolute atomic E-state index is 11.7. The Kier molecular flexibility index (Phi) is 5.89. The number of allylic oxidation sites excluding steroid dienone is 1. The van der Waals surface area contributed by atoms with Crippen LogP contribution in [0.4, 0.5) is 5.69 Å². The van der Waals surface area contributed by atoms with Gasteiger partial charge in [-0.15, -0.1) is 0 Å². The molecule has 1 aromatic carbocycles. The molecule has 2 N–H and O–H groups in total. The summed E-state index contributed by atoms with van der Waals surface area (Å²) in [5, 5.41) is 0. The molecule has 1 aromatic rings. The van der Waals surface area contributed by atoms with E-state index in [1.54, 1.807) is 12.1 Å². The van der Waals surface area contributed by atoms with Crippen LogP contribution in [0.5, 0.6) is 5.75 Å². The van der Waals surface area contributed by atoms with E-state index in [2.05, 4.69) is 0 Å². The van der Waals surface area contributed by atoms with Gasteiger partial charge in [-0.2, -0.15) is 0 Å². The zero-order valence-electron chi connectivity index (χ0n) is 11.4. The fourth-order valence-electron chi connectivity index (χ4n) is 1.57. The predicted octanol–water partition coefficient (Wildman–Crippen LogP) is 2.46. The lowest BCUT2D eigenvalue weighted by molar-refractivity contribution is 0.0464. The first-order valence-corrected chi connectivity index (χ1v) is 5.94. The number of nitrogens with two attached hydrogens (primary N) is 1. The van der Waals surface area contributed by atoms with Crippen LogP contribution in [0.3, 0.4) is 0 Å². The Hall–Kier alpha value is -2.01. The summed E-state index contributed by atoms with van der Waals surface area (Å²) in [6.07, 6.45) is 4.62. The first kappa shape index (κ1) is 15.0. The van der Waals surface area contributed by atoms with Crippen molar-refractivity contribution in [2.24, 2.45) is 0 Å². The molecule has 0 spiro atoms. The summed E-state index contributed by atoms with van der Waals surface area (Å²) < 4.78 is 15.1. The van der Waals surface area contributed by atoms with Crippen molar-refractivity contribution in [3.8, 4) is 5.75 Å². The van der Waals surface area contributed by atoms with Gasteiger partial charge in [0.05, 0.1) is 7.11 Å². The lowest BCUT2D eigenvalue weighted by Gasteiger charge is -2.14. The Bertz CT molecular complexity index is 469. The van der Waals surface area contributed by atoms with Crippen molar-refractivity contribution in [1.82, 2.24) is 0 Å². The van der Waals surface area contributed by atoms with Crippen molar-refractivity contribution in [2.75, 3.05) is 26.7 Å². The zero-order valence-corrected chi connectivity index (χ0v) is 11.4. The Morgan fingerprint density at radius 2 is 2.11 bits per heavy atom. The molecule has 0 saturated carbocycles. The van der Waals surface area contributed by atoms with Gasteiger partial charge in [0, 0.05) is 18.4 Å². The maximum Gasteiger partial charge on any atom is 0.341 e. The lowest BCUT2D eigenvalue weighted by atomic mass is 10.1. The van der Waals surface area contributed by atoms with Crippen LogP contribution in [0.2, 0.25) is 0 Å².